The van der Waals surface area contributed by atoms with Crippen LogP contribution >= 0.6 is 7.82 Å². The number of phosphoric acid groups is 1. The molecule has 0 bridgehead atoms. The van der Waals surface area contributed by atoms with Crippen LogP contribution in [0.25, 0.3) is 0 Å². The van der Waals surface area contributed by atoms with Crippen molar-refractivity contribution in [2.45, 2.75) is 180 Å². The van der Waals surface area contributed by atoms with Crippen molar-refractivity contribution in [3.05, 3.63) is 60.8 Å². The summed E-state index contributed by atoms with van der Waals surface area (Å²) in [4.78, 5) is 34.9. The van der Waals surface area contributed by atoms with Crippen LogP contribution in [0.3, 0.4) is 0 Å². The standard InChI is InChI=1S/C44H77O11P/c1-3-5-6-7-8-9-10-11-12-16-19-22-25-28-31-34-43(48)52-38-42(39-54-56(50,51)53-37-41(47)36-45)55-44(49)35-32-29-26-23-20-17-14-13-15-18-21-24-27-30-33-40(46)4-2/h11-12,14-15,17-18,23-24,26-27,40-42,45-47H,3-10,13,16,19-22,25,28-39H2,1-2H3,(H,50,51)/b12-11-,17-14-,18-15-,26-23-,27-24-/t40-,41+,42-/m1/s1. The van der Waals surface area contributed by atoms with Crippen LogP contribution in [-0.4, -0.2) is 76.9 Å². The van der Waals surface area contributed by atoms with Crippen molar-refractivity contribution >= 4 is 19.8 Å². The fourth-order valence-corrected chi connectivity index (χ4v) is 6.10. The van der Waals surface area contributed by atoms with Crippen molar-refractivity contribution in [3.8, 4) is 0 Å². The van der Waals surface area contributed by atoms with Gasteiger partial charge in [-0.3, -0.25) is 18.6 Å². The van der Waals surface area contributed by atoms with E-state index in [1.807, 2.05) is 19.1 Å². The van der Waals surface area contributed by atoms with Crippen LogP contribution in [0.15, 0.2) is 60.8 Å². The third-order valence-electron chi connectivity index (χ3n) is 8.81. The number of carbonyl (C=O) groups is 2. The molecule has 0 aliphatic heterocycles. The zero-order valence-electron chi connectivity index (χ0n) is 34.7. The second-order valence-electron chi connectivity index (χ2n) is 14.2. The van der Waals surface area contributed by atoms with Gasteiger partial charge in [0, 0.05) is 12.8 Å². The van der Waals surface area contributed by atoms with Crippen LogP contribution in [-0.2, 0) is 32.7 Å². The van der Waals surface area contributed by atoms with Gasteiger partial charge in [-0.05, 0) is 83.5 Å². The van der Waals surface area contributed by atoms with E-state index >= 15 is 0 Å². The molecule has 1 unspecified atom stereocenters. The van der Waals surface area contributed by atoms with Gasteiger partial charge in [0.2, 0.25) is 0 Å². The van der Waals surface area contributed by atoms with Crippen LogP contribution in [0.1, 0.15) is 162 Å². The van der Waals surface area contributed by atoms with Crippen molar-refractivity contribution in [1.82, 2.24) is 0 Å². The number of allylic oxidation sites excluding steroid dienone is 10. The number of rotatable bonds is 39. The van der Waals surface area contributed by atoms with Crippen LogP contribution in [0.2, 0.25) is 0 Å². The Balaban J connectivity index is 4.44. The zero-order valence-corrected chi connectivity index (χ0v) is 35.6. The molecule has 0 aliphatic carbocycles. The lowest BCUT2D eigenvalue weighted by atomic mass is 10.1. The molecule has 0 aliphatic rings. The molecule has 56 heavy (non-hydrogen) atoms. The first-order valence-electron chi connectivity index (χ1n) is 21.3. The molecule has 0 amide bonds. The Hall–Kier alpha value is -2.37. The van der Waals surface area contributed by atoms with Crippen LogP contribution < -0.4 is 0 Å². The highest BCUT2D eigenvalue weighted by Gasteiger charge is 2.27. The van der Waals surface area contributed by atoms with E-state index in [-0.39, 0.29) is 25.6 Å². The number of hydrogen-bond donors (Lipinski definition) is 4. The van der Waals surface area contributed by atoms with Gasteiger partial charge in [-0.25, -0.2) is 4.57 Å². The van der Waals surface area contributed by atoms with Gasteiger partial charge in [0.05, 0.1) is 25.9 Å². The van der Waals surface area contributed by atoms with Crippen molar-refractivity contribution in [2.75, 3.05) is 26.4 Å². The number of esters is 2. The summed E-state index contributed by atoms with van der Waals surface area (Å²) in [5.74, 6) is -1.02. The summed E-state index contributed by atoms with van der Waals surface area (Å²) in [6, 6.07) is 0. The zero-order chi connectivity index (χ0) is 41.4. The molecule has 0 fully saturated rings. The highest BCUT2D eigenvalue weighted by Crippen LogP contribution is 2.43. The van der Waals surface area contributed by atoms with E-state index in [0.717, 1.165) is 77.0 Å². The summed E-state index contributed by atoms with van der Waals surface area (Å²) in [5.41, 5.74) is 0. The number of carbonyl (C=O) groups excluding carboxylic acids is 2. The molecule has 324 valence electrons. The molecule has 0 rings (SSSR count). The number of aliphatic hydroxyl groups is 3. The number of ether oxygens (including phenoxy) is 2. The predicted molar refractivity (Wildman–Crippen MR) is 225 cm³/mol. The smallest absolute Gasteiger partial charge is 0.462 e. The molecule has 11 nitrogen and oxygen atoms in total. The molecular weight excluding hydrogens is 735 g/mol. The fraction of sp³-hybridized carbons (Fsp3) is 0.727. The van der Waals surface area contributed by atoms with E-state index in [4.69, 9.17) is 19.1 Å². The first-order valence-corrected chi connectivity index (χ1v) is 22.8. The van der Waals surface area contributed by atoms with Gasteiger partial charge < -0.3 is 29.7 Å². The summed E-state index contributed by atoms with van der Waals surface area (Å²) in [7, 11) is -4.64. The minimum absolute atomic E-state index is 0.0912. The molecular formula is C44H77O11P. The average molecular weight is 813 g/mol. The maximum atomic E-state index is 12.6. The molecule has 0 aromatic heterocycles. The van der Waals surface area contributed by atoms with Crippen LogP contribution in [0.5, 0.6) is 0 Å². The minimum Gasteiger partial charge on any atom is -0.462 e. The molecule has 4 atom stereocenters. The molecule has 0 saturated heterocycles. The summed E-state index contributed by atoms with van der Waals surface area (Å²) in [5, 5.41) is 27.9. The Morgan fingerprint density at radius 2 is 1.05 bits per heavy atom. The Bertz CT molecular complexity index is 1130. The van der Waals surface area contributed by atoms with Crippen LogP contribution in [0.4, 0.5) is 0 Å². The van der Waals surface area contributed by atoms with Gasteiger partial charge in [0.15, 0.2) is 6.10 Å². The summed E-state index contributed by atoms with van der Waals surface area (Å²) >= 11 is 0. The number of phosphoric ester groups is 1. The highest BCUT2D eigenvalue weighted by molar-refractivity contribution is 7.47. The summed E-state index contributed by atoms with van der Waals surface area (Å²) < 4.78 is 32.6. The lowest BCUT2D eigenvalue weighted by molar-refractivity contribution is -0.161. The highest BCUT2D eigenvalue weighted by atomic mass is 31.2. The Kier molecular flexibility index (Phi) is 37.8. The Morgan fingerprint density at radius 3 is 1.64 bits per heavy atom. The number of aliphatic hydroxyl groups excluding tert-OH is 3. The summed E-state index contributed by atoms with van der Waals surface area (Å²) in [6.07, 6.45) is 39.9. The molecule has 0 aromatic rings. The van der Waals surface area contributed by atoms with Crippen LogP contribution in [0, 0.1) is 0 Å². The van der Waals surface area contributed by atoms with Gasteiger partial charge >= 0.3 is 19.8 Å². The average Bonchev–Trinajstić information content (AvgIpc) is 3.19. The molecule has 0 radical (unpaired) electrons. The third-order valence-corrected chi connectivity index (χ3v) is 9.76. The molecule has 0 saturated carbocycles. The van der Waals surface area contributed by atoms with E-state index in [0.29, 0.717) is 19.3 Å². The second-order valence-corrected chi connectivity index (χ2v) is 15.6. The third kappa shape index (κ3) is 38.5. The topological polar surface area (TPSA) is 169 Å². The van der Waals surface area contributed by atoms with Crippen molar-refractivity contribution in [2.24, 2.45) is 0 Å². The van der Waals surface area contributed by atoms with Crippen molar-refractivity contribution in [1.29, 1.82) is 0 Å². The Labute approximate surface area is 338 Å². The van der Waals surface area contributed by atoms with E-state index in [1.165, 1.54) is 38.5 Å². The molecule has 12 heteroatoms. The van der Waals surface area contributed by atoms with Gasteiger partial charge in [0.1, 0.15) is 12.7 Å². The van der Waals surface area contributed by atoms with Gasteiger partial charge in [0.25, 0.3) is 0 Å². The van der Waals surface area contributed by atoms with Gasteiger partial charge in [-0.15, -0.1) is 0 Å². The monoisotopic (exact) mass is 813 g/mol. The van der Waals surface area contributed by atoms with Gasteiger partial charge in [-0.2, -0.15) is 0 Å². The van der Waals surface area contributed by atoms with Gasteiger partial charge in [-0.1, -0.05) is 126 Å². The molecule has 0 spiro atoms. The van der Waals surface area contributed by atoms with E-state index in [1.54, 1.807) is 0 Å². The Morgan fingerprint density at radius 1 is 0.571 bits per heavy atom. The largest absolute Gasteiger partial charge is 0.472 e. The lowest BCUT2D eigenvalue weighted by Crippen LogP contribution is -2.29. The maximum Gasteiger partial charge on any atom is 0.472 e. The number of hydrogen-bond acceptors (Lipinski definition) is 10. The molecule has 0 heterocycles. The fourth-order valence-electron chi connectivity index (χ4n) is 5.31. The van der Waals surface area contributed by atoms with E-state index in [2.05, 4.69) is 60.1 Å². The summed E-state index contributed by atoms with van der Waals surface area (Å²) in [6.45, 7) is 2.00. The van der Waals surface area contributed by atoms with E-state index < -0.39 is 51.8 Å². The first kappa shape index (κ1) is 53.6. The van der Waals surface area contributed by atoms with Crippen molar-refractivity contribution < 1.29 is 52.9 Å². The minimum atomic E-state index is -4.64. The SMILES string of the molecule is CCCCCCCC/C=C\CCCCCCCC(=O)OC[C@H](COP(=O)(O)OC[C@@H](O)CO)OC(=O)CCC/C=C\C/C=C\C/C=C\C/C=C\CC[C@H](O)CC. The number of unbranched alkanes of at least 4 members (excludes halogenated alkanes) is 12. The maximum absolute atomic E-state index is 12.6. The lowest BCUT2D eigenvalue weighted by Gasteiger charge is -2.20. The predicted octanol–water partition coefficient (Wildman–Crippen LogP) is 10.1. The second kappa shape index (κ2) is 39.5. The normalized spacial score (nSPS) is 15.0. The van der Waals surface area contributed by atoms with E-state index in [9.17, 15) is 29.3 Å². The first-order chi connectivity index (χ1) is 27.1. The van der Waals surface area contributed by atoms with Crippen molar-refractivity contribution in [3.63, 3.8) is 0 Å². The molecule has 0 aromatic carbocycles. The molecule has 4 N–H and O–H groups in total. The quantitative estimate of drug-likeness (QED) is 0.0202.